The van der Waals surface area contributed by atoms with E-state index in [0.717, 1.165) is 5.56 Å². The van der Waals surface area contributed by atoms with Crippen LogP contribution in [0.1, 0.15) is 16.1 Å². The zero-order chi connectivity index (χ0) is 10.3. The van der Waals surface area contributed by atoms with E-state index in [4.69, 9.17) is 10.8 Å². The van der Waals surface area contributed by atoms with Gasteiger partial charge in [-0.25, -0.2) is 9.78 Å². The molecule has 2 aromatic heterocycles. The van der Waals surface area contributed by atoms with Gasteiger partial charge >= 0.3 is 5.97 Å². The lowest BCUT2D eigenvalue weighted by Crippen LogP contribution is -1.94. The molecule has 0 atom stereocenters. The molecule has 14 heavy (non-hydrogen) atoms. The Morgan fingerprint density at radius 1 is 1.57 bits per heavy atom. The standard InChI is InChI=1S/C9H9N3O2/c1-4-2-5-6(12-8(4)10)3-7(11-5)9(13)14/h2-3,11H,1H3,(H2,10,12)(H,13,14). The summed E-state index contributed by atoms with van der Waals surface area (Å²) in [5.41, 5.74) is 7.81. The number of nitrogen functional groups attached to an aromatic ring is 1. The van der Waals surface area contributed by atoms with E-state index in [1.165, 1.54) is 6.07 Å². The molecular weight excluding hydrogens is 182 g/mol. The minimum Gasteiger partial charge on any atom is -0.477 e. The molecule has 2 rings (SSSR count). The SMILES string of the molecule is Cc1cc2[nH]c(C(=O)O)cc2nc1N. The summed E-state index contributed by atoms with van der Waals surface area (Å²) in [7, 11) is 0. The van der Waals surface area contributed by atoms with E-state index < -0.39 is 5.97 Å². The minimum atomic E-state index is -1.00. The number of hydrogen-bond acceptors (Lipinski definition) is 3. The number of aromatic amines is 1. The van der Waals surface area contributed by atoms with Gasteiger partial charge in [-0.1, -0.05) is 0 Å². The lowest BCUT2D eigenvalue weighted by molar-refractivity contribution is 0.0691. The Labute approximate surface area is 79.6 Å². The molecule has 2 heterocycles. The van der Waals surface area contributed by atoms with Crippen LogP contribution in [0.15, 0.2) is 12.1 Å². The van der Waals surface area contributed by atoms with Crippen LogP contribution in [0.2, 0.25) is 0 Å². The molecule has 0 bridgehead atoms. The zero-order valence-electron chi connectivity index (χ0n) is 7.53. The number of nitrogens with one attached hydrogen (secondary N) is 1. The Hall–Kier alpha value is -2.04. The number of H-pyrrole nitrogens is 1. The summed E-state index contributed by atoms with van der Waals surface area (Å²) < 4.78 is 0. The van der Waals surface area contributed by atoms with Gasteiger partial charge in [0, 0.05) is 0 Å². The number of carbonyl (C=O) groups is 1. The second-order valence-electron chi connectivity index (χ2n) is 3.11. The maximum Gasteiger partial charge on any atom is 0.352 e. The molecule has 5 heteroatoms. The molecule has 0 fully saturated rings. The lowest BCUT2D eigenvalue weighted by atomic mass is 10.2. The zero-order valence-corrected chi connectivity index (χ0v) is 7.53. The van der Waals surface area contributed by atoms with Crippen molar-refractivity contribution < 1.29 is 9.90 Å². The number of fused-ring (bicyclic) bond motifs is 1. The second kappa shape index (κ2) is 2.73. The van der Waals surface area contributed by atoms with Crippen molar-refractivity contribution in [3.05, 3.63) is 23.4 Å². The number of hydrogen-bond donors (Lipinski definition) is 3. The van der Waals surface area contributed by atoms with Crippen LogP contribution in [0.25, 0.3) is 11.0 Å². The molecule has 0 saturated heterocycles. The van der Waals surface area contributed by atoms with Gasteiger partial charge in [-0.15, -0.1) is 0 Å². The van der Waals surface area contributed by atoms with E-state index >= 15 is 0 Å². The average Bonchev–Trinajstić information content (AvgIpc) is 2.48. The predicted octanol–water partition coefficient (Wildman–Crippen LogP) is 1.15. The summed E-state index contributed by atoms with van der Waals surface area (Å²) in [6.45, 7) is 1.82. The number of anilines is 1. The lowest BCUT2D eigenvalue weighted by Gasteiger charge is -1.97. The number of nitrogens with two attached hydrogens (primary N) is 1. The number of pyridine rings is 1. The topological polar surface area (TPSA) is 92.0 Å². The molecule has 0 unspecified atom stereocenters. The van der Waals surface area contributed by atoms with Gasteiger partial charge in [0.15, 0.2) is 0 Å². The van der Waals surface area contributed by atoms with Gasteiger partial charge in [-0.05, 0) is 24.6 Å². The van der Waals surface area contributed by atoms with E-state index in [1.807, 2.05) is 6.92 Å². The number of nitrogens with zero attached hydrogens (tertiary/aromatic N) is 1. The monoisotopic (exact) mass is 191 g/mol. The van der Waals surface area contributed by atoms with Crippen molar-refractivity contribution >= 4 is 22.8 Å². The fourth-order valence-corrected chi connectivity index (χ4v) is 1.29. The van der Waals surface area contributed by atoms with Crippen LogP contribution in [0, 0.1) is 6.92 Å². The quantitative estimate of drug-likeness (QED) is 0.630. The molecule has 5 nitrogen and oxygen atoms in total. The summed E-state index contributed by atoms with van der Waals surface area (Å²) in [6, 6.07) is 3.25. The maximum atomic E-state index is 10.7. The van der Waals surface area contributed by atoms with Gasteiger partial charge in [-0.2, -0.15) is 0 Å². The smallest absolute Gasteiger partial charge is 0.352 e. The van der Waals surface area contributed by atoms with Crippen LogP contribution in [0.5, 0.6) is 0 Å². The highest BCUT2D eigenvalue weighted by molar-refractivity contribution is 5.92. The number of carboxylic acids is 1. The highest BCUT2D eigenvalue weighted by atomic mass is 16.4. The van der Waals surface area contributed by atoms with Gasteiger partial charge in [0.2, 0.25) is 0 Å². The van der Waals surface area contributed by atoms with Gasteiger partial charge in [-0.3, -0.25) is 0 Å². The Kier molecular flexibility index (Phi) is 1.67. The Morgan fingerprint density at radius 2 is 2.29 bits per heavy atom. The largest absolute Gasteiger partial charge is 0.477 e. The summed E-state index contributed by atoms with van der Waals surface area (Å²) >= 11 is 0. The van der Waals surface area contributed by atoms with Gasteiger partial charge in [0.1, 0.15) is 11.5 Å². The fourth-order valence-electron chi connectivity index (χ4n) is 1.29. The Morgan fingerprint density at radius 3 is 2.93 bits per heavy atom. The normalized spacial score (nSPS) is 10.6. The van der Waals surface area contributed by atoms with E-state index in [1.54, 1.807) is 6.07 Å². The molecule has 0 saturated carbocycles. The van der Waals surface area contributed by atoms with Crippen molar-refractivity contribution in [2.75, 3.05) is 5.73 Å². The molecule has 0 aromatic carbocycles. The molecule has 0 radical (unpaired) electrons. The first-order valence-electron chi connectivity index (χ1n) is 4.07. The number of aryl methyl sites for hydroxylation is 1. The average molecular weight is 191 g/mol. The van der Waals surface area contributed by atoms with Crippen LogP contribution in [-0.4, -0.2) is 21.0 Å². The molecule has 0 amide bonds. The van der Waals surface area contributed by atoms with Gasteiger partial charge < -0.3 is 15.8 Å². The van der Waals surface area contributed by atoms with E-state index in [9.17, 15) is 4.79 Å². The van der Waals surface area contributed by atoms with Crippen LogP contribution in [0.4, 0.5) is 5.82 Å². The third kappa shape index (κ3) is 1.19. The molecule has 0 aliphatic rings. The van der Waals surface area contributed by atoms with E-state index in [0.29, 0.717) is 16.9 Å². The highest BCUT2D eigenvalue weighted by Crippen LogP contribution is 2.18. The third-order valence-electron chi connectivity index (χ3n) is 2.06. The van der Waals surface area contributed by atoms with E-state index in [-0.39, 0.29) is 5.69 Å². The minimum absolute atomic E-state index is 0.123. The summed E-state index contributed by atoms with van der Waals surface area (Å²) in [6.07, 6.45) is 0. The van der Waals surface area contributed by atoms with Crippen molar-refractivity contribution in [2.24, 2.45) is 0 Å². The van der Waals surface area contributed by atoms with Crippen molar-refractivity contribution in [2.45, 2.75) is 6.92 Å². The summed E-state index contributed by atoms with van der Waals surface area (Å²) in [4.78, 5) is 17.5. The van der Waals surface area contributed by atoms with Crippen molar-refractivity contribution in [1.82, 2.24) is 9.97 Å². The fraction of sp³-hybridized carbons (Fsp3) is 0.111. The second-order valence-corrected chi connectivity index (χ2v) is 3.11. The molecule has 0 aliphatic heterocycles. The number of rotatable bonds is 1. The molecular formula is C9H9N3O2. The molecule has 2 aromatic rings. The summed E-state index contributed by atoms with van der Waals surface area (Å²) in [5.74, 6) is -0.576. The number of aromatic carboxylic acids is 1. The molecule has 4 N–H and O–H groups in total. The predicted molar refractivity (Wildman–Crippen MR) is 52.2 cm³/mol. The first-order valence-corrected chi connectivity index (χ1v) is 4.07. The molecule has 0 aliphatic carbocycles. The molecule has 0 spiro atoms. The van der Waals surface area contributed by atoms with E-state index in [2.05, 4.69) is 9.97 Å². The number of carboxylic acid groups (broad SMARTS) is 1. The Bertz CT molecular complexity index is 477. The Balaban J connectivity index is 2.72. The molecule has 72 valence electrons. The van der Waals surface area contributed by atoms with Crippen LogP contribution in [-0.2, 0) is 0 Å². The van der Waals surface area contributed by atoms with Crippen molar-refractivity contribution in [3.63, 3.8) is 0 Å². The van der Waals surface area contributed by atoms with Crippen LogP contribution in [0.3, 0.4) is 0 Å². The van der Waals surface area contributed by atoms with Gasteiger partial charge in [0.25, 0.3) is 0 Å². The van der Waals surface area contributed by atoms with Crippen LogP contribution >= 0.6 is 0 Å². The summed E-state index contributed by atoms with van der Waals surface area (Å²) in [5, 5.41) is 8.73. The first kappa shape index (κ1) is 8.55. The van der Waals surface area contributed by atoms with Crippen LogP contribution < -0.4 is 5.73 Å². The first-order chi connectivity index (χ1) is 6.58. The third-order valence-corrected chi connectivity index (χ3v) is 2.06. The van der Waals surface area contributed by atoms with Crippen molar-refractivity contribution in [3.8, 4) is 0 Å². The highest BCUT2D eigenvalue weighted by Gasteiger charge is 2.09. The van der Waals surface area contributed by atoms with Crippen molar-refractivity contribution in [1.29, 1.82) is 0 Å². The van der Waals surface area contributed by atoms with Gasteiger partial charge in [0.05, 0.1) is 11.0 Å². The number of aromatic nitrogens is 2. The maximum absolute atomic E-state index is 10.7.